The minimum Gasteiger partial charge on any atom is -0.288 e. The summed E-state index contributed by atoms with van der Waals surface area (Å²) in [5.74, 6) is -19.8. The van der Waals surface area contributed by atoms with Gasteiger partial charge < -0.3 is 0 Å². The first-order valence-electron chi connectivity index (χ1n) is 8.26. The smallest absolute Gasteiger partial charge is 0.288 e. The Morgan fingerprint density at radius 3 is 0.854 bits per heavy atom. The molecular formula is C13F24O4. The lowest BCUT2D eigenvalue weighted by molar-refractivity contribution is -0.521. The number of Topliss-reactive ketones (excluding diaryl/α,β-unsaturated/α-hetero) is 2. The molecule has 0 aliphatic heterocycles. The van der Waals surface area contributed by atoms with Crippen LogP contribution in [0.4, 0.5) is 105 Å². The number of ketones is 2. The first-order chi connectivity index (χ1) is 17.2. The molecule has 0 rings (SSSR count). The summed E-state index contributed by atoms with van der Waals surface area (Å²) in [7, 11) is 0. The lowest BCUT2D eigenvalue weighted by atomic mass is 9.93. The predicted octanol–water partition coefficient (Wildman–Crippen LogP) is 6.83. The van der Waals surface area contributed by atoms with Crippen LogP contribution in [0.15, 0.2) is 0 Å². The summed E-state index contributed by atoms with van der Waals surface area (Å²) in [5, 5.41) is 0. The lowest BCUT2D eigenvalue weighted by Crippen LogP contribution is -2.68. The average Bonchev–Trinajstić information content (AvgIpc) is 2.65. The van der Waals surface area contributed by atoms with Gasteiger partial charge in [-0.05, 0) is 0 Å². The lowest BCUT2D eigenvalue weighted by Gasteiger charge is -2.36. The molecular weight excluding hydrogens is 676 g/mol. The fourth-order valence-corrected chi connectivity index (χ4v) is 1.94. The summed E-state index contributed by atoms with van der Waals surface area (Å²) in [6.07, 6.45) is -64.6. The number of halogens is 24. The van der Waals surface area contributed by atoms with E-state index in [9.17, 15) is 115 Å². The van der Waals surface area contributed by atoms with E-state index in [1.807, 2.05) is 0 Å². The molecule has 0 fully saturated rings. The normalized spacial score (nSPS) is 16.2. The van der Waals surface area contributed by atoms with Crippen LogP contribution in [0.2, 0.25) is 0 Å². The zero-order chi connectivity index (χ0) is 34.1. The largest absolute Gasteiger partial charge is 0.453 e. The molecule has 0 bridgehead atoms. The van der Waals surface area contributed by atoms with E-state index in [-0.39, 0.29) is 0 Å². The predicted molar refractivity (Wildman–Crippen MR) is 68.8 cm³/mol. The third-order valence-corrected chi connectivity index (χ3v) is 3.95. The van der Waals surface area contributed by atoms with Gasteiger partial charge in [0.2, 0.25) is 0 Å². The van der Waals surface area contributed by atoms with Crippen molar-refractivity contribution < 1.29 is 124 Å². The summed E-state index contributed by atoms with van der Waals surface area (Å²) in [6.45, 7) is 0. The molecule has 0 amide bonds. The number of alkyl halides is 24. The second-order valence-corrected chi connectivity index (χ2v) is 6.81. The van der Waals surface area contributed by atoms with Crippen molar-refractivity contribution in [2.45, 2.75) is 66.4 Å². The second kappa shape index (κ2) is 9.81. The first-order valence-corrected chi connectivity index (χ1v) is 8.26. The van der Waals surface area contributed by atoms with Gasteiger partial charge in [0.25, 0.3) is 11.6 Å². The summed E-state index contributed by atoms with van der Waals surface area (Å²) >= 11 is 0. The van der Waals surface area contributed by atoms with E-state index in [1.54, 1.807) is 0 Å². The molecule has 0 aromatic rings. The van der Waals surface area contributed by atoms with Crippen LogP contribution in [-0.4, -0.2) is 78.0 Å². The average molecular weight is 676 g/mol. The number of ether oxygens (including phenoxy) is 2. The van der Waals surface area contributed by atoms with Crippen molar-refractivity contribution in [2.75, 3.05) is 0 Å². The van der Waals surface area contributed by atoms with Crippen LogP contribution in [0.1, 0.15) is 0 Å². The molecule has 0 saturated heterocycles. The molecule has 28 heteroatoms. The highest BCUT2D eigenvalue weighted by Crippen LogP contribution is 2.55. The Morgan fingerprint density at radius 2 is 0.585 bits per heavy atom. The Kier molecular flexibility index (Phi) is 9.24. The molecule has 0 aliphatic carbocycles. The van der Waals surface area contributed by atoms with Crippen molar-refractivity contribution in [3.05, 3.63) is 0 Å². The van der Waals surface area contributed by atoms with Gasteiger partial charge in [0.15, 0.2) is 0 Å². The van der Waals surface area contributed by atoms with Gasteiger partial charge in [-0.3, -0.25) is 9.59 Å². The van der Waals surface area contributed by atoms with E-state index in [0.717, 1.165) is 9.47 Å². The summed E-state index contributed by atoms with van der Waals surface area (Å²) in [5.41, 5.74) is -16.2. The number of rotatable bonds is 10. The molecule has 0 aromatic heterocycles. The highest BCUT2D eigenvalue weighted by molar-refractivity contribution is 5.96. The van der Waals surface area contributed by atoms with E-state index >= 15 is 0 Å². The second-order valence-electron chi connectivity index (χ2n) is 6.81. The van der Waals surface area contributed by atoms with Gasteiger partial charge in [0.1, 0.15) is 0 Å². The topological polar surface area (TPSA) is 52.6 Å². The fourth-order valence-electron chi connectivity index (χ4n) is 1.94. The summed E-state index contributed by atoms with van der Waals surface area (Å²) < 4.78 is 309. The maximum Gasteiger partial charge on any atom is 0.453 e. The van der Waals surface area contributed by atoms with E-state index in [4.69, 9.17) is 0 Å². The Morgan fingerprint density at radius 1 is 0.341 bits per heavy atom. The van der Waals surface area contributed by atoms with Crippen LogP contribution in [0.3, 0.4) is 0 Å². The van der Waals surface area contributed by atoms with E-state index in [2.05, 4.69) is 0 Å². The molecule has 0 saturated carbocycles. The van der Waals surface area contributed by atoms with E-state index in [1.165, 1.54) is 0 Å². The molecule has 0 aliphatic rings. The molecule has 0 spiro atoms. The van der Waals surface area contributed by atoms with Gasteiger partial charge in [-0.25, -0.2) is 18.3 Å². The molecule has 0 radical (unpaired) electrons. The van der Waals surface area contributed by atoms with Crippen LogP contribution in [-0.2, 0) is 19.1 Å². The van der Waals surface area contributed by atoms with Gasteiger partial charge in [0.05, 0.1) is 0 Å². The number of hydrogen-bond acceptors (Lipinski definition) is 4. The molecule has 244 valence electrons. The Bertz CT molecular complexity index is 967. The Labute approximate surface area is 204 Å². The van der Waals surface area contributed by atoms with Gasteiger partial charge in [-0.2, -0.15) is 96.6 Å². The molecule has 0 aromatic carbocycles. The minimum absolute atomic E-state index is 1.05. The van der Waals surface area contributed by atoms with Crippen LogP contribution in [0.5, 0.6) is 0 Å². The standard InChI is InChI=1S/C13F24O4/c14-3(7(20,21)22,8(23,24)25)1(38)5(16,17)11(32,33)41-13(36,37)12(34,35)40-6(18,19)2(39)4(15,9(26,27)28)10(29,30)31. The van der Waals surface area contributed by atoms with Crippen molar-refractivity contribution in [3.8, 4) is 0 Å². The van der Waals surface area contributed by atoms with Crippen molar-refractivity contribution >= 4 is 11.6 Å². The maximum atomic E-state index is 13.4. The number of carbonyl (C=O) groups excluding carboxylic acids is 2. The maximum absolute atomic E-state index is 13.4. The van der Waals surface area contributed by atoms with Crippen LogP contribution in [0.25, 0.3) is 0 Å². The fraction of sp³-hybridized carbons (Fsp3) is 0.846. The number of hydrogen-bond donors (Lipinski definition) is 0. The van der Waals surface area contributed by atoms with Gasteiger partial charge in [0, 0.05) is 0 Å². The van der Waals surface area contributed by atoms with Crippen LogP contribution in [0, 0.1) is 0 Å². The van der Waals surface area contributed by atoms with Crippen molar-refractivity contribution in [3.63, 3.8) is 0 Å². The van der Waals surface area contributed by atoms with E-state index in [0.29, 0.717) is 0 Å². The monoisotopic (exact) mass is 676 g/mol. The molecule has 4 nitrogen and oxygen atoms in total. The SMILES string of the molecule is O=C(C(F)(F)OC(F)(F)C(F)(F)OC(F)(F)C(F)(F)C(=O)C(F)(C(F)(F)F)C(F)(F)F)C(F)(C(F)(F)F)C(F)(F)F. The number of carbonyl (C=O) groups is 2. The van der Waals surface area contributed by atoms with Gasteiger partial charge >= 0.3 is 66.4 Å². The zero-order valence-electron chi connectivity index (χ0n) is 17.2. The van der Waals surface area contributed by atoms with Gasteiger partial charge in [-0.15, -0.1) is 0 Å². The first kappa shape index (κ1) is 38.6. The molecule has 41 heavy (non-hydrogen) atoms. The van der Waals surface area contributed by atoms with E-state index < -0.39 is 78.0 Å². The third kappa shape index (κ3) is 6.20. The minimum atomic E-state index is -8.33. The van der Waals surface area contributed by atoms with Gasteiger partial charge in [-0.1, -0.05) is 0 Å². The van der Waals surface area contributed by atoms with Crippen molar-refractivity contribution in [2.24, 2.45) is 0 Å². The molecule has 0 atom stereocenters. The quantitative estimate of drug-likeness (QED) is 0.238. The highest BCUT2D eigenvalue weighted by atomic mass is 19.4. The third-order valence-electron chi connectivity index (χ3n) is 3.95. The van der Waals surface area contributed by atoms with Crippen molar-refractivity contribution in [1.82, 2.24) is 0 Å². The molecule has 0 heterocycles. The molecule has 0 N–H and O–H groups in total. The summed E-state index contributed by atoms with van der Waals surface area (Å²) in [4.78, 5) is 21.5. The summed E-state index contributed by atoms with van der Waals surface area (Å²) in [6, 6.07) is 0. The van der Waals surface area contributed by atoms with Crippen molar-refractivity contribution in [1.29, 1.82) is 0 Å². The Balaban J connectivity index is 6.66. The van der Waals surface area contributed by atoms with Crippen LogP contribution < -0.4 is 0 Å². The van der Waals surface area contributed by atoms with Crippen LogP contribution >= 0.6 is 0 Å². The Hall–Kier alpha value is -2.42. The molecule has 0 unspecified atom stereocenters. The highest BCUT2D eigenvalue weighted by Gasteiger charge is 2.86. The zero-order valence-corrected chi connectivity index (χ0v) is 17.2.